The molecule has 0 aromatic heterocycles. The first-order chi connectivity index (χ1) is 8.60. The van der Waals surface area contributed by atoms with Gasteiger partial charge in [-0.3, -0.25) is 0 Å². The summed E-state index contributed by atoms with van der Waals surface area (Å²) in [7, 11) is 0. The number of hydrogen-bond donors (Lipinski definition) is 1. The highest BCUT2D eigenvalue weighted by Gasteiger charge is 2.15. The van der Waals surface area contributed by atoms with Gasteiger partial charge in [0.15, 0.2) is 0 Å². The molecule has 0 heterocycles. The van der Waals surface area contributed by atoms with Crippen molar-refractivity contribution in [1.82, 2.24) is 5.32 Å². The van der Waals surface area contributed by atoms with Crippen molar-refractivity contribution in [3.63, 3.8) is 0 Å². The van der Waals surface area contributed by atoms with Gasteiger partial charge in [0.05, 0.1) is 0 Å². The monoisotopic (exact) mass is 245 g/mol. The van der Waals surface area contributed by atoms with Crippen LogP contribution in [0.4, 0.5) is 0 Å². The smallest absolute Gasteiger partial charge is 0.0328 e. The highest BCUT2D eigenvalue weighted by atomic mass is 14.9. The molecule has 100 valence electrons. The van der Waals surface area contributed by atoms with Gasteiger partial charge < -0.3 is 5.32 Å². The third-order valence-corrected chi connectivity index (χ3v) is 3.39. The molecule has 0 saturated heterocycles. The van der Waals surface area contributed by atoms with E-state index in [2.05, 4.69) is 51.7 Å². The van der Waals surface area contributed by atoms with Crippen molar-refractivity contribution < 1.29 is 0 Å². The minimum absolute atomic E-state index is 0.462. The number of hydrogen-bond acceptors (Lipinski definition) is 1. The lowest BCUT2D eigenvalue weighted by atomic mass is 9.91. The van der Waals surface area contributed by atoms with E-state index in [1.54, 1.807) is 0 Å². The van der Waals surface area contributed by atoms with Crippen LogP contribution < -0.4 is 5.32 Å². The predicted molar refractivity (Wildman–Crippen MR) is 81.1 cm³/mol. The normalized spacial score (nSPS) is 12.4. The van der Waals surface area contributed by atoms with Crippen LogP contribution >= 0.6 is 0 Å². The van der Waals surface area contributed by atoms with Crippen LogP contribution in [0.2, 0.25) is 0 Å². The Labute approximate surface area is 112 Å². The molecule has 1 N–H and O–H groups in total. The van der Waals surface area contributed by atoms with Crippen molar-refractivity contribution in [2.45, 2.75) is 53.0 Å². The molecule has 1 heteroatoms. The van der Waals surface area contributed by atoms with Gasteiger partial charge >= 0.3 is 0 Å². The lowest BCUT2D eigenvalue weighted by Gasteiger charge is -2.23. The summed E-state index contributed by atoms with van der Waals surface area (Å²) in [5, 5.41) is 3.67. The average molecular weight is 245 g/mol. The lowest BCUT2D eigenvalue weighted by Crippen LogP contribution is -2.23. The quantitative estimate of drug-likeness (QED) is 0.691. The largest absolute Gasteiger partial charge is 0.310 e. The van der Waals surface area contributed by atoms with Gasteiger partial charge in [-0.15, -0.1) is 6.58 Å². The molecular weight excluding hydrogens is 218 g/mol. The number of allylic oxidation sites excluding steroid dienone is 1. The molecule has 0 bridgehead atoms. The molecule has 0 radical (unpaired) electrons. The SMILES string of the molecule is C=CCCC(NCCC)c1c(C)cc(C)cc1C. The van der Waals surface area contributed by atoms with Gasteiger partial charge in [-0.05, 0) is 63.3 Å². The van der Waals surface area contributed by atoms with Crippen molar-refractivity contribution in [2.75, 3.05) is 6.54 Å². The molecule has 1 nitrogen and oxygen atoms in total. The maximum atomic E-state index is 3.84. The maximum Gasteiger partial charge on any atom is 0.0328 e. The highest BCUT2D eigenvalue weighted by Crippen LogP contribution is 2.27. The van der Waals surface area contributed by atoms with Gasteiger partial charge in [0.1, 0.15) is 0 Å². The third kappa shape index (κ3) is 3.99. The Balaban J connectivity index is 2.99. The summed E-state index contributed by atoms with van der Waals surface area (Å²) >= 11 is 0. The highest BCUT2D eigenvalue weighted by molar-refractivity contribution is 5.39. The Hall–Kier alpha value is -1.08. The minimum Gasteiger partial charge on any atom is -0.310 e. The molecule has 0 spiro atoms. The standard InChI is InChI=1S/C17H27N/c1-6-8-9-16(18-10-7-2)17-14(4)11-13(3)12-15(17)5/h6,11-12,16,18H,1,7-10H2,2-5H3. The molecule has 0 saturated carbocycles. The maximum absolute atomic E-state index is 3.84. The van der Waals surface area contributed by atoms with Crippen LogP contribution in [0.5, 0.6) is 0 Å². The molecule has 1 aromatic carbocycles. The second-order valence-electron chi connectivity index (χ2n) is 5.19. The summed E-state index contributed by atoms with van der Waals surface area (Å²) in [6, 6.07) is 5.04. The zero-order valence-electron chi connectivity index (χ0n) is 12.3. The van der Waals surface area contributed by atoms with Crippen molar-refractivity contribution in [1.29, 1.82) is 0 Å². The van der Waals surface area contributed by atoms with E-state index in [4.69, 9.17) is 0 Å². The molecule has 0 fully saturated rings. The molecular formula is C17H27N. The fourth-order valence-corrected chi connectivity index (χ4v) is 2.69. The van der Waals surface area contributed by atoms with Crippen molar-refractivity contribution in [3.8, 4) is 0 Å². The van der Waals surface area contributed by atoms with Crippen LogP contribution in [0.3, 0.4) is 0 Å². The third-order valence-electron chi connectivity index (χ3n) is 3.39. The van der Waals surface area contributed by atoms with E-state index < -0.39 is 0 Å². The average Bonchev–Trinajstić information content (AvgIpc) is 2.30. The van der Waals surface area contributed by atoms with Crippen molar-refractivity contribution >= 4 is 0 Å². The van der Waals surface area contributed by atoms with E-state index in [0.29, 0.717) is 6.04 Å². The fraction of sp³-hybridized carbons (Fsp3) is 0.529. The second kappa shape index (κ2) is 7.38. The summed E-state index contributed by atoms with van der Waals surface area (Å²) in [5.41, 5.74) is 5.65. The van der Waals surface area contributed by atoms with Crippen LogP contribution in [0.1, 0.15) is 54.5 Å². The molecule has 0 aliphatic rings. The van der Waals surface area contributed by atoms with E-state index >= 15 is 0 Å². The first-order valence-electron chi connectivity index (χ1n) is 7.02. The first kappa shape index (κ1) is 15.0. The zero-order valence-corrected chi connectivity index (χ0v) is 12.3. The second-order valence-corrected chi connectivity index (χ2v) is 5.19. The summed E-state index contributed by atoms with van der Waals surface area (Å²) in [4.78, 5) is 0. The molecule has 0 amide bonds. The molecule has 18 heavy (non-hydrogen) atoms. The Bertz CT molecular complexity index is 370. The predicted octanol–water partition coefficient (Wildman–Crippen LogP) is 4.62. The molecule has 0 aliphatic heterocycles. The van der Waals surface area contributed by atoms with Crippen LogP contribution in [0.15, 0.2) is 24.8 Å². The molecule has 1 unspecified atom stereocenters. The molecule has 1 aromatic rings. The van der Waals surface area contributed by atoms with Gasteiger partial charge in [0.25, 0.3) is 0 Å². The van der Waals surface area contributed by atoms with Gasteiger partial charge in [-0.2, -0.15) is 0 Å². The number of benzene rings is 1. The van der Waals surface area contributed by atoms with E-state index in [9.17, 15) is 0 Å². The Morgan fingerprint density at radius 3 is 2.33 bits per heavy atom. The van der Waals surface area contributed by atoms with Crippen LogP contribution in [0, 0.1) is 20.8 Å². The zero-order chi connectivity index (χ0) is 13.5. The molecule has 0 aliphatic carbocycles. The summed E-state index contributed by atoms with van der Waals surface area (Å²) in [5.74, 6) is 0. The number of aryl methyl sites for hydroxylation is 3. The van der Waals surface area contributed by atoms with Gasteiger partial charge in [0, 0.05) is 6.04 Å². The summed E-state index contributed by atoms with van der Waals surface area (Å²) in [6.07, 6.45) is 5.39. The van der Waals surface area contributed by atoms with E-state index in [0.717, 1.165) is 19.4 Å². The Morgan fingerprint density at radius 1 is 1.22 bits per heavy atom. The minimum atomic E-state index is 0.462. The molecule has 1 rings (SSSR count). The Kier molecular flexibility index (Phi) is 6.14. The van der Waals surface area contributed by atoms with Gasteiger partial charge in [-0.1, -0.05) is 30.7 Å². The number of rotatable bonds is 7. The van der Waals surface area contributed by atoms with Gasteiger partial charge in [-0.25, -0.2) is 0 Å². The van der Waals surface area contributed by atoms with E-state index in [1.807, 2.05) is 6.08 Å². The van der Waals surface area contributed by atoms with E-state index in [1.165, 1.54) is 28.7 Å². The summed E-state index contributed by atoms with van der Waals surface area (Å²) in [6.45, 7) is 13.8. The number of nitrogens with one attached hydrogen (secondary N) is 1. The lowest BCUT2D eigenvalue weighted by molar-refractivity contribution is 0.499. The molecule has 1 atom stereocenters. The van der Waals surface area contributed by atoms with Gasteiger partial charge in [0.2, 0.25) is 0 Å². The van der Waals surface area contributed by atoms with Crippen LogP contribution in [0.25, 0.3) is 0 Å². The first-order valence-corrected chi connectivity index (χ1v) is 7.02. The topological polar surface area (TPSA) is 12.0 Å². The van der Waals surface area contributed by atoms with Crippen molar-refractivity contribution in [3.05, 3.63) is 47.0 Å². The van der Waals surface area contributed by atoms with E-state index in [-0.39, 0.29) is 0 Å². The fourth-order valence-electron chi connectivity index (χ4n) is 2.69. The van der Waals surface area contributed by atoms with Crippen molar-refractivity contribution in [2.24, 2.45) is 0 Å². The Morgan fingerprint density at radius 2 is 1.83 bits per heavy atom. The van der Waals surface area contributed by atoms with Crippen LogP contribution in [-0.4, -0.2) is 6.54 Å². The summed E-state index contributed by atoms with van der Waals surface area (Å²) < 4.78 is 0. The van der Waals surface area contributed by atoms with Crippen LogP contribution in [-0.2, 0) is 0 Å².